The minimum Gasteiger partial charge on any atom is -0.459 e. The maximum absolute atomic E-state index is 12.4. The van der Waals surface area contributed by atoms with E-state index in [4.69, 9.17) is 16.3 Å². The molecule has 0 saturated carbocycles. The Hall–Kier alpha value is -1.10. The molecule has 0 aromatic heterocycles. The van der Waals surface area contributed by atoms with E-state index >= 15 is 0 Å². The zero-order chi connectivity index (χ0) is 17.8. The van der Waals surface area contributed by atoms with Crippen molar-refractivity contribution in [2.24, 2.45) is 5.92 Å². The zero-order valence-electron chi connectivity index (χ0n) is 15.4. The first-order valence-electron chi connectivity index (χ1n) is 8.73. The largest absolute Gasteiger partial charge is 0.459 e. The molecule has 2 rings (SSSR count). The van der Waals surface area contributed by atoms with Crippen LogP contribution in [-0.4, -0.2) is 69.4 Å². The third-order valence-corrected chi connectivity index (χ3v) is 5.13. The van der Waals surface area contributed by atoms with Crippen molar-refractivity contribution >= 4 is 17.6 Å². The fourth-order valence-corrected chi connectivity index (χ4v) is 3.54. The minimum atomic E-state index is -0.0355. The molecule has 0 bridgehead atoms. The van der Waals surface area contributed by atoms with Crippen LogP contribution in [0.3, 0.4) is 0 Å². The van der Waals surface area contributed by atoms with Crippen molar-refractivity contribution in [3.8, 4) is 0 Å². The number of piperidine rings is 1. The highest BCUT2D eigenvalue weighted by molar-refractivity contribution is 6.31. The number of esters is 1. The fraction of sp³-hybridized carbons (Fsp3) is 0.632. The van der Waals surface area contributed by atoms with Gasteiger partial charge in [0.15, 0.2) is 0 Å². The summed E-state index contributed by atoms with van der Waals surface area (Å²) in [6, 6.07) is 7.99. The summed E-state index contributed by atoms with van der Waals surface area (Å²) in [7, 11) is 8.53. The number of quaternary nitrogens is 2. The SMILES string of the molecule is C[N+](C)(C)CCOC(=O)C1CCC[N+](C)(Cc2ccccc2Cl)C1. The van der Waals surface area contributed by atoms with Crippen molar-refractivity contribution in [2.45, 2.75) is 19.4 Å². The Bertz CT molecular complexity index is 571. The molecule has 1 aromatic carbocycles. The number of carbonyl (C=O) groups is 1. The minimum absolute atomic E-state index is 0.00120. The van der Waals surface area contributed by atoms with Gasteiger partial charge in [0.1, 0.15) is 25.6 Å². The third-order valence-electron chi connectivity index (χ3n) is 4.76. The van der Waals surface area contributed by atoms with Crippen LogP contribution >= 0.6 is 11.6 Å². The molecule has 134 valence electrons. The molecular weight excluding hydrogens is 324 g/mol. The van der Waals surface area contributed by atoms with Gasteiger partial charge in [-0.1, -0.05) is 29.8 Å². The summed E-state index contributed by atoms with van der Waals surface area (Å²) in [5.41, 5.74) is 1.15. The molecule has 1 aromatic rings. The number of likely N-dealkylation sites (tertiary alicyclic amines) is 1. The molecule has 1 heterocycles. The first kappa shape index (κ1) is 19.2. The number of carbonyl (C=O) groups excluding carboxylic acids is 1. The van der Waals surface area contributed by atoms with Crippen LogP contribution in [0.5, 0.6) is 0 Å². The summed E-state index contributed by atoms with van der Waals surface area (Å²) < 4.78 is 7.18. The average Bonchev–Trinajstić information content (AvgIpc) is 2.48. The number of rotatable bonds is 6. The number of hydrogen-bond acceptors (Lipinski definition) is 2. The summed E-state index contributed by atoms with van der Waals surface area (Å²) in [6.07, 6.45) is 1.98. The van der Waals surface area contributed by atoms with Crippen molar-refractivity contribution < 1.29 is 18.5 Å². The third kappa shape index (κ3) is 5.76. The number of halogens is 1. The van der Waals surface area contributed by atoms with E-state index in [0.717, 1.165) is 58.6 Å². The fourth-order valence-electron chi connectivity index (χ4n) is 3.35. The summed E-state index contributed by atoms with van der Waals surface area (Å²) in [5.74, 6) is -0.0367. The maximum atomic E-state index is 12.4. The van der Waals surface area contributed by atoms with E-state index in [1.54, 1.807) is 0 Å². The van der Waals surface area contributed by atoms with Crippen LogP contribution in [0.4, 0.5) is 0 Å². The molecule has 1 saturated heterocycles. The lowest BCUT2D eigenvalue weighted by Crippen LogP contribution is -2.52. The van der Waals surface area contributed by atoms with E-state index in [1.807, 2.05) is 18.2 Å². The highest BCUT2D eigenvalue weighted by Gasteiger charge is 2.36. The lowest BCUT2D eigenvalue weighted by molar-refractivity contribution is -0.929. The van der Waals surface area contributed by atoms with Gasteiger partial charge in [0.25, 0.3) is 0 Å². The second-order valence-electron chi connectivity index (χ2n) is 8.30. The first-order valence-corrected chi connectivity index (χ1v) is 9.10. The van der Waals surface area contributed by atoms with Crippen LogP contribution in [0, 0.1) is 5.92 Å². The van der Waals surface area contributed by atoms with Gasteiger partial charge in [-0.05, 0) is 18.9 Å². The normalized spacial score (nSPS) is 24.6. The zero-order valence-corrected chi connectivity index (χ0v) is 16.2. The van der Waals surface area contributed by atoms with E-state index in [-0.39, 0.29) is 11.9 Å². The highest BCUT2D eigenvalue weighted by atomic mass is 35.5. The van der Waals surface area contributed by atoms with Gasteiger partial charge in [-0.25, -0.2) is 0 Å². The molecule has 4 nitrogen and oxygen atoms in total. The van der Waals surface area contributed by atoms with Crippen LogP contribution in [0.2, 0.25) is 5.02 Å². The van der Waals surface area contributed by atoms with Gasteiger partial charge >= 0.3 is 5.97 Å². The van der Waals surface area contributed by atoms with E-state index in [1.165, 1.54) is 0 Å². The van der Waals surface area contributed by atoms with Crippen LogP contribution in [0.15, 0.2) is 24.3 Å². The van der Waals surface area contributed by atoms with E-state index in [9.17, 15) is 4.79 Å². The summed E-state index contributed by atoms with van der Waals surface area (Å²) in [4.78, 5) is 12.4. The predicted molar refractivity (Wildman–Crippen MR) is 97.7 cm³/mol. The Morgan fingerprint density at radius 1 is 1.33 bits per heavy atom. The Kier molecular flexibility index (Phi) is 6.29. The molecule has 2 atom stereocenters. The van der Waals surface area contributed by atoms with E-state index < -0.39 is 0 Å². The van der Waals surface area contributed by atoms with Gasteiger partial charge in [-0.2, -0.15) is 0 Å². The molecule has 0 N–H and O–H groups in total. The summed E-state index contributed by atoms with van der Waals surface area (Å²) in [5, 5.41) is 0.810. The van der Waals surface area contributed by atoms with Gasteiger partial charge in [-0.15, -0.1) is 0 Å². The molecular formula is C19H31ClN2O2+2. The standard InChI is InChI=1S/C19H31ClN2O2/c1-21(2,3)12-13-24-19(23)17-9-7-11-22(4,15-17)14-16-8-5-6-10-18(16)20/h5-6,8,10,17H,7,9,11-15H2,1-4H3/q+2. The number of nitrogens with zero attached hydrogens (tertiary/aromatic N) is 2. The molecule has 1 aliphatic rings. The van der Waals surface area contributed by atoms with Crippen LogP contribution in [0.25, 0.3) is 0 Å². The molecule has 24 heavy (non-hydrogen) atoms. The molecule has 1 aliphatic heterocycles. The van der Waals surface area contributed by atoms with Gasteiger partial charge < -0.3 is 13.7 Å². The lowest BCUT2D eigenvalue weighted by atomic mass is 9.95. The number of hydrogen-bond donors (Lipinski definition) is 0. The van der Waals surface area contributed by atoms with Gasteiger partial charge in [0, 0.05) is 10.6 Å². The molecule has 1 fully saturated rings. The Labute approximate surface area is 151 Å². The van der Waals surface area contributed by atoms with Crippen LogP contribution < -0.4 is 0 Å². The number of likely N-dealkylation sites (N-methyl/N-ethyl adjacent to an activating group) is 1. The van der Waals surface area contributed by atoms with Gasteiger partial charge in [0.05, 0.1) is 41.3 Å². The van der Waals surface area contributed by atoms with Crippen LogP contribution in [0.1, 0.15) is 18.4 Å². The monoisotopic (exact) mass is 354 g/mol. The number of benzene rings is 1. The quantitative estimate of drug-likeness (QED) is 0.580. The van der Waals surface area contributed by atoms with Gasteiger partial charge in [0.2, 0.25) is 0 Å². The molecule has 5 heteroatoms. The van der Waals surface area contributed by atoms with Crippen molar-refractivity contribution in [1.82, 2.24) is 0 Å². The summed E-state index contributed by atoms with van der Waals surface area (Å²) in [6.45, 7) is 4.10. The lowest BCUT2D eigenvalue weighted by Gasteiger charge is -2.40. The molecule has 0 radical (unpaired) electrons. The average molecular weight is 355 g/mol. The summed E-state index contributed by atoms with van der Waals surface area (Å²) >= 11 is 6.31. The molecule has 0 aliphatic carbocycles. The molecule has 2 unspecified atom stereocenters. The molecule has 0 amide bonds. The Morgan fingerprint density at radius 2 is 2.04 bits per heavy atom. The van der Waals surface area contributed by atoms with Crippen molar-refractivity contribution in [1.29, 1.82) is 0 Å². The second-order valence-corrected chi connectivity index (χ2v) is 8.70. The second kappa shape index (κ2) is 7.85. The van der Waals surface area contributed by atoms with Gasteiger partial charge in [-0.3, -0.25) is 4.79 Å². The first-order chi connectivity index (χ1) is 11.2. The van der Waals surface area contributed by atoms with Crippen molar-refractivity contribution in [3.05, 3.63) is 34.9 Å². The van der Waals surface area contributed by atoms with Crippen LogP contribution in [-0.2, 0) is 16.1 Å². The Balaban J connectivity index is 1.93. The van der Waals surface area contributed by atoms with Crippen molar-refractivity contribution in [2.75, 3.05) is 54.4 Å². The Morgan fingerprint density at radius 3 is 2.71 bits per heavy atom. The van der Waals surface area contributed by atoms with Crippen molar-refractivity contribution in [3.63, 3.8) is 0 Å². The topological polar surface area (TPSA) is 26.3 Å². The predicted octanol–water partition coefficient (Wildman–Crippen LogP) is 2.95. The van der Waals surface area contributed by atoms with E-state index in [2.05, 4.69) is 34.3 Å². The number of ether oxygens (including phenoxy) is 1. The molecule has 0 spiro atoms. The maximum Gasteiger partial charge on any atom is 0.314 e. The van der Waals surface area contributed by atoms with E-state index in [0.29, 0.717) is 6.61 Å². The highest BCUT2D eigenvalue weighted by Crippen LogP contribution is 2.27. The smallest absolute Gasteiger partial charge is 0.314 e.